The maximum Gasteiger partial charge on any atom is 0.494 e. The molecule has 0 unspecified atom stereocenters. The summed E-state index contributed by atoms with van der Waals surface area (Å²) in [5.41, 5.74) is 5.89. The molecule has 2 rings (SSSR count). The van der Waals surface area contributed by atoms with Crippen LogP contribution in [0.3, 0.4) is 0 Å². The summed E-state index contributed by atoms with van der Waals surface area (Å²) in [5, 5.41) is 2.51. The predicted molar refractivity (Wildman–Crippen MR) is 75.4 cm³/mol. The second kappa shape index (κ2) is 4.54. The van der Waals surface area contributed by atoms with Crippen LogP contribution in [0, 0.1) is 0 Å². The summed E-state index contributed by atoms with van der Waals surface area (Å²) in [5.74, 6) is 0. The van der Waals surface area contributed by atoms with Gasteiger partial charge in [-0.1, -0.05) is 12.1 Å². The van der Waals surface area contributed by atoms with Gasteiger partial charge in [0.25, 0.3) is 0 Å². The number of carbonyl (C=O) groups is 1. The fourth-order valence-corrected chi connectivity index (χ4v) is 1.84. The number of nitrogens with two attached hydrogens (primary N) is 1. The predicted octanol–water partition coefficient (Wildman–Crippen LogP) is 1.48. The van der Waals surface area contributed by atoms with E-state index in [1.807, 2.05) is 39.8 Å². The van der Waals surface area contributed by atoms with Crippen LogP contribution < -0.4 is 16.5 Å². The molecule has 0 saturated carbocycles. The monoisotopic (exact) mass is 262 g/mol. The number of urea groups is 1. The van der Waals surface area contributed by atoms with Gasteiger partial charge in [-0.05, 0) is 45.3 Å². The third-order valence-electron chi connectivity index (χ3n) is 3.70. The molecule has 102 valence electrons. The molecule has 0 aromatic heterocycles. The van der Waals surface area contributed by atoms with Crippen molar-refractivity contribution in [3.05, 3.63) is 24.3 Å². The maximum atomic E-state index is 10.7. The first-order valence-electron chi connectivity index (χ1n) is 6.23. The van der Waals surface area contributed by atoms with Gasteiger partial charge < -0.3 is 20.4 Å². The van der Waals surface area contributed by atoms with Crippen LogP contribution in [0.5, 0.6) is 0 Å². The average molecular weight is 262 g/mol. The van der Waals surface area contributed by atoms with Crippen LogP contribution in [-0.2, 0) is 9.31 Å². The summed E-state index contributed by atoms with van der Waals surface area (Å²) < 4.78 is 11.9. The van der Waals surface area contributed by atoms with Gasteiger partial charge in [-0.25, -0.2) is 4.79 Å². The van der Waals surface area contributed by atoms with Gasteiger partial charge in [0, 0.05) is 5.69 Å². The molecule has 1 aromatic rings. The van der Waals surface area contributed by atoms with Crippen LogP contribution in [0.2, 0.25) is 0 Å². The van der Waals surface area contributed by atoms with E-state index in [-0.39, 0.29) is 11.2 Å². The van der Waals surface area contributed by atoms with E-state index in [4.69, 9.17) is 15.0 Å². The Morgan fingerprint density at radius 1 is 1.11 bits per heavy atom. The zero-order chi connectivity index (χ0) is 14.3. The second-order valence-corrected chi connectivity index (χ2v) is 5.70. The molecule has 1 aliphatic rings. The van der Waals surface area contributed by atoms with E-state index in [1.165, 1.54) is 0 Å². The molecule has 5 nitrogen and oxygen atoms in total. The highest BCUT2D eigenvalue weighted by atomic mass is 16.7. The minimum Gasteiger partial charge on any atom is -0.399 e. The Hall–Kier alpha value is -1.53. The molecule has 1 saturated heterocycles. The zero-order valence-corrected chi connectivity index (χ0v) is 11.7. The first-order chi connectivity index (χ1) is 8.71. The van der Waals surface area contributed by atoms with Gasteiger partial charge in [0.15, 0.2) is 0 Å². The topological polar surface area (TPSA) is 73.6 Å². The van der Waals surface area contributed by atoms with Crippen molar-refractivity contribution < 1.29 is 14.1 Å². The van der Waals surface area contributed by atoms with E-state index in [0.717, 1.165) is 5.46 Å². The van der Waals surface area contributed by atoms with E-state index < -0.39 is 13.1 Å². The number of benzene rings is 1. The number of carbonyl (C=O) groups excluding carboxylic acids is 1. The zero-order valence-electron chi connectivity index (χ0n) is 11.7. The van der Waals surface area contributed by atoms with Gasteiger partial charge in [0.05, 0.1) is 11.2 Å². The molecule has 1 fully saturated rings. The van der Waals surface area contributed by atoms with Crippen molar-refractivity contribution in [3.8, 4) is 0 Å². The van der Waals surface area contributed by atoms with Gasteiger partial charge in [0.2, 0.25) is 0 Å². The lowest BCUT2D eigenvalue weighted by molar-refractivity contribution is 0.00578. The van der Waals surface area contributed by atoms with E-state index in [1.54, 1.807) is 12.1 Å². The highest BCUT2D eigenvalue weighted by molar-refractivity contribution is 6.62. The lowest BCUT2D eigenvalue weighted by Crippen LogP contribution is -2.41. The van der Waals surface area contributed by atoms with E-state index >= 15 is 0 Å². The fraction of sp³-hybridized carbons (Fsp3) is 0.462. The molecule has 2 amide bonds. The highest BCUT2D eigenvalue weighted by Gasteiger charge is 2.51. The van der Waals surface area contributed by atoms with Gasteiger partial charge in [0.1, 0.15) is 0 Å². The fourth-order valence-electron chi connectivity index (χ4n) is 1.84. The molecule has 0 atom stereocenters. The number of amides is 2. The summed E-state index contributed by atoms with van der Waals surface area (Å²) in [6.07, 6.45) is 0. The lowest BCUT2D eigenvalue weighted by Gasteiger charge is -2.32. The van der Waals surface area contributed by atoms with Crippen LogP contribution in [-0.4, -0.2) is 24.4 Å². The molecular formula is C13H19BN2O3. The highest BCUT2D eigenvalue weighted by Crippen LogP contribution is 2.36. The molecule has 0 bridgehead atoms. The number of nitrogens with one attached hydrogen (secondary N) is 1. The molecule has 1 heterocycles. The molecule has 0 radical (unpaired) electrons. The van der Waals surface area contributed by atoms with E-state index in [9.17, 15) is 4.79 Å². The molecule has 0 aliphatic carbocycles. The van der Waals surface area contributed by atoms with Crippen molar-refractivity contribution >= 4 is 24.3 Å². The van der Waals surface area contributed by atoms with Crippen molar-refractivity contribution in [3.63, 3.8) is 0 Å². The molecule has 19 heavy (non-hydrogen) atoms. The Labute approximate surface area is 113 Å². The first kappa shape index (κ1) is 13.9. The van der Waals surface area contributed by atoms with E-state index in [0.29, 0.717) is 5.69 Å². The quantitative estimate of drug-likeness (QED) is 0.793. The van der Waals surface area contributed by atoms with Crippen molar-refractivity contribution in [1.82, 2.24) is 0 Å². The normalized spacial score (nSPS) is 20.3. The third kappa shape index (κ3) is 2.74. The summed E-state index contributed by atoms with van der Waals surface area (Å²) in [7, 11) is -0.396. The first-order valence-corrected chi connectivity index (χ1v) is 6.23. The second-order valence-electron chi connectivity index (χ2n) is 5.70. The minimum atomic E-state index is -0.580. The van der Waals surface area contributed by atoms with Crippen molar-refractivity contribution in [2.75, 3.05) is 5.32 Å². The van der Waals surface area contributed by atoms with Crippen LogP contribution >= 0.6 is 0 Å². The third-order valence-corrected chi connectivity index (χ3v) is 3.70. The summed E-state index contributed by atoms with van der Waals surface area (Å²) in [6, 6.07) is 6.67. The summed E-state index contributed by atoms with van der Waals surface area (Å²) >= 11 is 0. The number of anilines is 1. The molecule has 6 heteroatoms. The number of hydrogen-bond acceptors (Lipinski definition) is 3. The van der Waals surface area contributed by atoms with Crippen molar-refractivity contribution in [2.45, 2.75) is 38.9 Å². The molecule has 3 N–H and O–H groups in total. The average Bonchev–Trinajstić information content (AvgIpc) is 2.48. The standard InChI is InChI=1S/C13H19BN2O3/c1-12(2)13(3,4)19-14(18-12)9-5-7-10(8-6-9)16-11(15)17/h5-8H,1-4H3,(H3,15,16,17). The van der Waals surface area contributed by atoms with Crippen LogP contribution in [0.15, 0.2) is 24.3 Å². The number of rotatable bonds is 2. The van der Waals surface area contributed by atoms with Crippen LogP contribution in [0.25, 0.3) is 0 Å². The van der Waals surface area contributed by atoms with Crippen LogP contribution in [0.1, 0.15) is 27.7 Å². The summed E-state index contributed by atoms with van der Waals surface area (Å²) in [4.78, 5) is 10.7. The molecular weight excluding hydrogens is 243 g/mol. The Bertz CT molecular complexity index is 469. The van der Waals surface area contributed by atoms with Crippen molar-refractivity contribution in [2.24, 2.45) is 5.73 Å². The Balaban J connectivity index is 2.14. The minimum absolute atomic E-state index is 0.359. The molecule has 1 aromatic carbocycles. The molecule has 1 aliphatic heterocycles. The van der Waals surface area contributed by atoms with E-state index in [2.05, 4.69) is 5.32 Å². The number of hydrogen-bond donors (Lipinski definition) is 2. The maximum absolute atomic E-state index is 10.7. The lowest BCUT2D eigenvalue weighted by atomic mass is 9.79. The Morgan fingerprint density at radius 3 is 2.00 bits per heavy atom. The van der Waals surface area contributed by atoms with Gasteiger partial charge in [-0.2, -0.15) is 0 Å². The Kier molecular flexibility index (Phi) is 3.32. The van der Waals surface area contributed by atoms with Crippen molar-refractivity contribution in [1.29, 1.82) is 0 Å². The molecule has 0 spiro atoms. The van der Waals surface area contributed by atoms with Gasteiger partial charge in [-0.3, -0.25) is 0 Å². The smallest absolute Gasteiger partial charge is 0.399 e. The largest absolute Gasteiger partial charge is 0.494 e. The number of primary amides is 1. The van der Waals surface area contributed by atoms with Gasteiger partial charge in [-0.15, -0.1) is 0 Å². The summed E-state index contributed by atoms with van der Waals surface area (Å²) in [6.45, 7) is 8.04. The SMILES string of the molecule is CC1(C)OB(c2ccc(NC(N)=O)cc2)OC1(C)C. The van der Waals surface area contributed by atoms with Gasteiger partial charge >= 0.3 is 13.1 Å². The Morgan fingerprint density at radius 2 is 1.58 bits per heavy atom. The van der Waals surface area contributed by atoms with Crippen LogP contribution in [0.4, 0.5) is 10.5 Å².